The van der Waals surface area contributed by atoms with Gasteiger partial charge in [0.05, 0.1) is 12.2 Å². The second-order valence-electron chi connectivity index (χ2n) is 5.76. The fourth-order valence-corrected chi connectivity index (χ4v) is 2.88. The zero-order valence-electron chi connectivity index (χ0n) is 13.4. The Balaban J connectivity index is 0.00000264. The Morgan fingerprint density at radius 3 is 2.74 bits per heavy atom. The molecule has 0 aromatic heterocycles. The van der Waals surface area contributed by atoms with Crippen LogP contribution in [0.15, 0.2) is 24.3 Å². The van der Waals surface area contributed by atoms with Crippen LogP contribution in [0.25, 0.3) is 0 Å². The van der Waals surface area contributed by atoms with Gasteiger partial charge in [-0.15, -0.1) is 12.4 Å². The summed E-state index contributed by atoms with van der Waals surface area (Å²) in [6, 6.07) is 6.92. The van der Waals surface area contributed by atoms with Gasteiger partial charge in [0.1, 0.15) is 0 Å². The van der Waals surface area contributed by atoms with Crippen LogP contribution in [0, 0.1) is 5.92 Å². The molecule has 2 rings (SSSR count). The second-order valence-corrected chi connectivity index (χ2v) is 5.76. The lowest BCUT2D eigenvalue weighted by molar-refractivity contribution is -0.117. The number of rotatable bonds is 5. The summed E-state index contributed by atoms with van der Waals surface area (Å²) in [5, 5.41) is 2.84. The molecule has 5 nitrogen and oxygen atoms in total. The standard InChI is InChI=1S/C17H24N2O3.ClH/c1-2-22-17(21)13-7-5-8-14(10-13)19-16(20)11-12-6-3-4-9-15(12)18;/h5,7-8,10,12,15H,2-4,6,9,11,18H2,1H3,(H,19,20);1H. The van der Waals surface area contributed by atoms with Gasteiger partial charge in [-0.05, 0) is 43.9 Å². The summed E-state index contributed by atoms with van der Waals surface area (Å²) in [5.41, 5.74) is 7.13. The molecule has 0 heterocycles. The van der Waals surface area contributed by atoms with Gasteiger partial charge in [0.15, 0.2) is 0 Å². The first-order valence-electron chi connectivity index (χ1n) is 7.92. The molecule has 1 aromatic carbocycles. The summed E-state index contributed by atoms with van der Waals surface area (Å²) in [4.78, 5) is 23.8. The van der Waals surface area contributed by atoms with Crippen LogP contribution in [0.4, 0.5) is 5.69 Å². The van der Waals surface area contributed by atoms with Crippen molar-refractivity contribution in [2.45, 2.75) is 45.1 Å². The maximum Gasteiger partial charge on any atom is 0.338 e. The first-order valence-corrected chi connectivity index (χ1v) is 7.92. The molecule has 0 radical (unpaired) electrons. The van der Waals surface area contributed by atoms with Gasteiger partial charge in [-0.2, -0.15) is 0 Å². The van der Waals surface area contributed by atoms with E-state index in [1.54, 1.807) is 31.2 Å². The van der Waals surface area contributed by atoms with E-state index in [1.165, 1.54) is 0 Å². The van der Waals surface area contributed by atoms with Crippen molar-refractivity contribution < 1.29 is 14.3 Å². The molecule has 6 heteroatoms. The van der Waals surface area contributed by atoms with Crippen molar-refractivity contribution in [3.63, 3.8) is 0 Å². The number of carbonyl (C=O) groups is 2. The summed E-state index contributed by atoms with van der Waals surface area (Å²) in [6.45, 7) is 2.09. The van der Waals surface area contributed by atoms with Crippen molar-refractivity contribution in [2.24, 2.45) is 11.7 Å². The van der Waals surface area contributed by atoms with Gasteiger partial charge in [0.2, 0.25) is 5.91 Å². The minimum atomic E-state index is -0.382. The van der Waals surface area contributed by atoms with E-state index in [1.807, 2.05) is 0 Å². The Bertz CT molecular complexity index is 536. The van der Waals surface area contributed by atoms with Crippen LogP contribution in [0.1, 0.15) is 49.4 Å². The van der Waals surface area contributed by atoms with Crippen molar-refractivity contribution >= 4 is 30.0 Å². The number of halogens is 1. The number of hydrogen-bond donors (Lipinski definition) is 2. The average molecular weight is 341 g/mol. The smallest absolute Gasteiger partial charge is 0.338 e. The molecule has 1 saturated carbocycles. The van der Waals surface area contributed by atoms with E-state index in [9.17, 15) is 9.59 Å². The summed E-state index contributed by atoms with van der Waals surface area (Å²) in [7, 11) is 0. The van der Waals surface area contributed by atoms with Crippen LogP contribution in [0.5, 0.6) is 0 Å². The number of carbonyl (C=O) groups excluding carboxylic acids is 2. The molecule has 1 aliphatic rings. The third-order valence-electron chi connectivity index (χ3n) is 4.07. The predicted molar refractivity (Wildman–Crippen MR) is 92.8 cm³/mol. The van der Waals surface area contributed by atoms with Crippen LogP contribution < -0.4 is 11.1 Å². The van der Waals surface area contributed by atoms with Crippen molar-refractivity contribution in [3.05, 3.63) is 29.8 Å². The molecule has 2 atom stereocenters. The molecule has 3 N–H and O–H groups in total. The maximum atomic E-state index is 12.2. The van der Waals surface area contributed by atoms with E-state index in [4.69, 9.17) is 10.5 Å². The van der Waals surface area contributed by atoms with Crippen molar-refractivity contribution in [3.8, 4) is 0 Å². The minimum absolute atomic E-state index is 0. The number of anilines is 1. The molecule has 2 unspecified atom stereocenters. The number of nitrogens with one attached hydrogen (secondary N) is 1. The molecule has 128 valence electrons. The van der Waals surface area contributed by atoms with E-state index < -0.39 is 0 Å². The highest BCUT2D eigenvalue weighted by atomic mass is 35.5. The number of benzene rings is 1. The molecular formula is C17H25ClN2O3. The van der Waals surface area contributed by atoms with Crippen LogP contribution in [0.3, 0.4) is 0 Å². The van der Waals surface area contributed by atoms with Gasteiger partial charge in [0.25, 0.3) is 0 Å². The second kappa shape index (κ2) is 9.53. The lowest BCUT2D eigenvalue weighted by Crippen LogP contribution is -2.35. The highest BCUT2D eigenvalue weighted by Gasteiger charge is 2.24. The van der Waals surface area contributed by atoms with Crippen LogP contribution in [0.2, 0.25) is 0 Å². The topological polar surface area (TPSA) is 81.4 Å². The monoisotopic (exact) mass is 340 g/mol. The maximum absolute atomic E-state index is 12.2. The van der Waals surface area contributed by atoms with Crippen LogP contribution >= 0.6 is 12.4 Å². The van der Waals surface area contributed by atoms with Crippen LogP contribution in [-0.4, -0.2) is 24.5 Å². The van der Waals surface area contributed by atoms with Gasteiger partial charge in [-0.3, -0.25) is 4.79 Å². The quantitative estimate of drug-likeness (QED) is 0.807. The third-order valence-corrected chi connectivity index (χ3v) is 4.07. The first-order chi connectivity index (χ1) is 10.6. The van der Waals surface area contributed by atoms with Crippen LogP contribution in [-0.2, 0) is 9.53 Å². The van der Waals surface area contributed by atoms with Gasteiger partial charge >= 0.3 is 5.97 Å². The fraction of sp³-hybridized carbons (Fsp3) is 0.529. The van der Waals surface area contributed by atoms with Crippen molar-refractivity contribution in [1.29, 1.82) is 0 Å². The van der Waals surface area contributed by atoms with Crippen molar-refractivity contribution in [2.75, 3.05) is 11.9 Å². The van der Waals surface area contributed by atoms with E-state index in [-0.39, 0.29) is 36.2 Å². The summed E-state index contributed by atoms with van der Waals surface area (Å²) >= 11 is 0. The molecule has 0 saturated heterocycles. The Morgan fingerprint density at radius 1 is 1.30 bits per heavy atom. The van der Waals surface area contributed by atoms with Gasteiger partial charge in [-0.1, -0.05) is 18.9 Å². The zero-order valence-corrected chi connectivity index (χ0v) is 14.2. The first kappa shape index (κ1) is 19.5. The predicted octanol–water partition coefficient (Wildman–Crippen LogP) is 3.13. The molecule has 23 heavy (non-hydrogen) atoms. The Labute approximate surface area is 143 Å². The number of esters is 1. The Kier molecular flexibility index (Phi) is 8.06. The van der Waals surface area contributed by atoms with Gasteiger partial charge in [0, 0.05) is 18.2 Å². The number of nitrogens with two attached hydrogens (primary N) is 1. The lowest BCUT2D eigenvalue weighted by Gasteiger charge is -2.27. The lowest BCUT2D eigenvalue weighted by atomic mass is 9.83. The average Bonchev–Trinajstić information content (AvgIpc) is 2.50. The Hall–Kier alpha value is -1.59. The van der Waals surface area contributed by atoms with E-state index in [0.717, 1.165) is 25.7 Å². The largest absolute Gasteiger partial charge is 0.462 e. The minimum Gasteiger partial charge on any atom is -0.462 e. The number of hydrogen-bond acceptors (Lipinski definition) is 4. The highest BCUT2D eigenvalue weighted by molar-refractivity contribution is 5.94. The van der Waals surface area contributed by atoms with Gasteiger partial charge in [-0.25, -0.2) is 4.79 Å². The summed E-state index contributed by atoms with van der Waals surface area (Å²) < 4.78 is 4.96. The molecule has 1 fully saturated rings. The molecule has 1 aliphatic carbocycles. The molecule has 1 amide bonds. The zero-order chi connectivity index (χ0) is 15.9. The number of amides is 1. The van der Waals surface area contributed by atoms with Gasteiger partial charge < -0.3 is 15.8 Å². The molecule has 1 aromatic rings. The fourth-order valence-electron chi connectivity index (χ4n) is 2.88. The molecule has 0 aliphatic heterocycles. The SMILES string of the molecule is CCOC(=O)c1cccc(NC(=O)CC2CCCCC2N)c1.Cl. The third kappa shape index (κ3) is 5.84. The normalized spacial score (nSPS) is 20.3. The highest BCUT2D eigenvalue weighted by Crippen LogP contribution is 2.26. The molecular weight excluding hydrogens is 316 g/mol. The summed E-state index contributed by atoms with van der Waals surface area (Å²) in [6.07, 6.45) is 4.74. The molecule has 0 spiro atoms. The van der Waals surface area contributed by atoms with E-state index in [0.29, 0.717) is 24.3 Å². The Morgan fingerprint density at radius 2 is 2.04 bits per heavy atom. The molecule has 0 bridgehead atoms. The van der Waals surface area contributed by atoms with Crippen molar-refractivity contribution in [1.82, 2.24) is 0 Å². The summed E-state index contributed by atoms with van der Waals surface area (Å²) in [5.74, 6) is -0.182. The van der Waals surface area contributed by atoms with E-state index in [2.05, 4.69) is 5.32 Å². The number of ether oxygens (including phenoxy) is 1. The van der Waals surface area contributed by atoms with E-state index >= 15 is 0 Å².